The fourth-order valence-corrected chi connectivity index (χ4v) is 2.66. The summed E-state index contributed by atoms with van der Waals surface area (Å²) in [5, 5.41) is 3.56. The number of hydrogen-bond acceptors (Lipinski definition) is 3. The van der Waals surface area contributed by atoms with Crippen LogP contribution in [-0.4, -0.2) is 23.6 Å². The quantitative estimate of drug-likeness (QED) is 0.814. The molecule has 0 aliphatic heterocycles. The summed E-state index contributed by atoms with van der Waals surface area (Å²) in [5.74, 6) is 2.15. The number of aromatic nitrogens is 1. The molecule has 0 bridgehead atoms. The van der Waals surface area contributed by atoms with Gasteiger partial charge in [-0.25, -0.2) is 4.98 Å². The molecule has 0 saturated heterocycles. The van der Waals surface area contributed by atoms with E-state index in [1.807, 2.05) is 0 Å². The molecular formula is C16H23N3. The van der Waals surface area contributed by atoms with E-state index < -0.39 is 0 Å². The predicted molar refractivity (Wildman–Crippen MR) is 77.2 cm³/mol. The summed E-state index contributed by atoms with van der Waals surface area (Å²) < 4.78 is 0. The first-order chi connectivity index (χ1) is 9.38. The molecule has 1 aromatic heterocycles. The van der Waals surface area contributed by atoms with Crippen LogP contribution >= 0.6 is 0 Å². The standard InChI is InChI=1S/C16H23N3/c1-2-14(10-17-13-6-7-13)18-16(3-1)19(15-8-9-15)11-12-4-5-12/h1-3,12-13,15,17H,4-11H2. The highest BCUT2D eigenvalue weighted by molar-refractivity contribution is 5.42. The smallest absolute Gasteiger partial charge is 0.129 e. The molecule has 1 N–H and O–H groups in total. The molecule has 3 nitrogen and oxygen atoms in total. The second-order valence-corrected chi connectivity index (χ2v) is 6.47. The molecular weight excluding hydrogens is 234 g/mol. The van der Waals surface area contributed by atoms with Gasteiger partial charge in [-0.1, -0.05) is 6.07 Å². The predicted octanol–water partition coefficient (Wildman–Crippen LogP) is 2.71. The number of rotatable bonds is 7. The number of nitrogens with one attached hydrogen (secondary N) is 1. The summed E-state index contributed by atoms with van der Waals surface area (Å²) in [7, 11) is 0. The lowest BCUT2D eigenvalue weighted by Gasteiger charge is -2.24. The molecule has 3 aliphatic carbocycles. The monoisotopic (exact) mass is 257 g/mol. The van der Waals surface area contributed by atoms with Crippen LogP contribution in [0.15, 0.2) is 18.2 Å². The molecule has 3 fully saturated rings. The van der Waals surface area contributed by atoms with Crippen molar-refractivity contribution >= 4 is 5.82 Å². The first-order valence-corrected chi connectivity index (χ1v) is 7.84. The second-order valence-electron chi connectivity index (χ2n) is 6.47. The molecule has 102 valence electrons. The molecule has 3 aliphatic rings. The minimum absolute atomic E-state index is 0.761. The minimum atomic E-state index is 0.761. The Morgan fingerprint density at radius 3 is 2.63 bits per heavy atom. The highest BCUT2D eigenvalue weighted by atomic mass is 15.2. The van der Waals surface area contributed by atoms with Gasteiger partial charge in [0.1, 0.15) is 5.82 Å². The van der Waals surface area contributed by atoms with Crippen molar-refractivity contribution in [1.29, 1.82) is 0 Å². The van der Waals surface area contributed by atoms with Gasteiger partial charge in [-0.05, 0) is 56.6 Å². The van der Waals surface area contributed by atoms with Crippen molar-refractivity contribution in [1.82, 2.24) is 10.3 Å². The van der Waals surface area contributed by atoms with Crippen molar-refractivity contribution < 1.29 is 0 Å². The zero-order valence-corrected chi connectivity index (χ0v) is 11.5. The summed E-state index contributed by atoms with van der Waals surface area (Å²) in [4.78, 5) is 7.45. The number of pyridine rings is 1. The van der Waals surface area contributed by atoms with Gasteiger partial charge >= 0.3 is 0 Å². The molecule has 0 radical (unpaired) electrons. The summed E-state index contributed by atoms with van der Waals surface area (Å²) in [6.45, 7) is 2.16. The summed E-state index contributed by atoms with van der Waals surface area (Å²) in [6, 6.07) is 8.06. The van der Waals surface area contributed by atoms with Gasteiger partial charge < -0.3 is 10.2 Å². The third-order valence-corrected chi connectivity index (χ3v) is 4.38. The third kappa shape index (κ3) is 3.08. The van der Waals surface area contributed by atoms with Crippen molar-refractivity contribution in [3.8, 4) is 0 Å². The van der Waals surface area contributed by atoms with Crippen LogP contribution in [-0.2, 0) is 6.54 Å². The molecule has 0 spiro atoms. The van der Waals surface area contributed by atoms with Crippen LogP contribution in [0.25, 0.3) is 0 Å². The Balaban J connectivity index is 1.45. The van der Waals surface area contributed by atoms with Crippen LogP contribution in [0.5, 0.6) is 0 Å². The maximum Gasteiger partial charge on any atom is 0.129 e. The first kappa shape index (κ1) is 11.7. The van der Waals surface area contributed by atoms with Crippen molar-refractivity contribution in [3.63, 3.8) is 0 Å². The van der Waals surface area contributed by atoms with Crippen LogP contribution in [0.2, 0.25) is 0 Å². The molecule has 3 heteroatoms. The van der Waals surface area contributed by atoms with Crippen LogP contribution in [0.4, 0.5) is 5.82 Å². The fourth-order valence-electron chi connectivity index (χ4n) is 2.66. The Hall–Kier alpha value is -1.09. The lowest BCUT2D eigenvalue weighted by atomic mass is 10.3. The van der Waals surface area contributed by atoms with E-state index in [9.17, 15) is 0 Å². The van der Waals surface area contributed by atoms with Crippen molar-refractivity contribution in [2.45, 2.75) is 57.2 Å². The van der Waals surface area contributed by atoms with Gasteiger partial charge in [-0.15, -0.1) is 0 Å². The summed E-state index contributed by atoms with van der Waals surface area (Å²) in [6.07, 6.45) is 8.25. The minimum Gasteiger partial charge on any atom is -0.353 e. The molecule has 3 saturated carbocycles. The van der Waals surface area contributed by atoms with Gasteiger partial charge in [0.15, 0.2) is 0 Å². The maximum atomic E-state index is 4.88. The van der Waals surface area contributed by atoms with E-state index in [-0.39, 0.29) is 0 Å². The van der Waals surface area contributed by atoms with Gasteiger partial charge in [0.2, 0.25) is 0 Å². The summed E-state index contributed by atoms with van der Waals surface area (Å²) in [5.41, 5.74) is 1.20. The molecule has 1 aromatic rings. The molecule has 0 amide bonds. The first-order valence-electron chi connectivity index (χ1n) is 7.84. The van der Waals surface area contributed by atoms with Crippen LogP contribution in [0, 0.1) is 5.92 Å². The normalized spacial score (nSPS) is 22.5. The van der Waals surface area contributed by atoms with Gasteiger partial charge in [0.25, 0.3) is 0 Å². The van der Waals surface area contributed by atoms with Gasteiger partial charge in [0, 0.05) is 25.2 Å². The zero-order valence-electron chi connectivity index (χ0n) is 11.5. The largest absolute Gasteiger partial charge is 0.353 e. The van der Waals surface area contributed by atoms with E-state index in [1.165, 1.54) is 56.6 Å². The van der Waals surface area contributed by atoms with Gasteiger partial charge in [-0.3, -0.25) is 0 Å². The van der Waals surface area contributed by atoms with E-state index in [0.29, 0.717) is 0 Å². The summed E-state index contributed by atoms with van der Waals surface area (Å²) >= 11 is 0. The van der Waals surface area contributed by atoms with E-state index in [0.717, 1.165) is 24.5 Å². The highest BCUT2D eigenvalue weighted by Crippen LogP contribution is 2.37. The third-order valence-electron chi connectivity index (χ3n) is 4.38. The van der Waals surface area contributed by atoms with E-state index in [4.69, 9.17) is 4.98 Å². The van der Waals surface area contributed by atoms with Gasteiger partial charge in [-0.2, -0.15) is 0 Å². The average Bonchev–Trinajstić information content (AvgIpc) is 3.29. The molecule has 0 atom stereocenters. The van der Waals surface area contributed by atoms with Crippen molar-refractivity contribution in [3.05, 3.63) is 23.9 Å². The molecule has 1 heterocycles. The Labute approximate surface area is 115 Å². The Morgan fingerprint density at radius 2 is 1.95 bits per heavy atom. The maximum absolute atomic E-state index is 4.88. The number of anilines is 1. The SMILES string of the molecule is c1cc(CNC2CC2)nc(N(CC2CC2)C2CC2)c1. The lowest BCUT2D eigenvalue weighted by molar-refractivity contribution is 0.666. The zero-order chi connectivity index (χ0) is 12.7. The van der Waals surface area contributed by atoms with E-state index in [1.54, 1.807) is 0 Å². The molecule has 19 heavy (non-hydrogen) atoms. The highest BCUT2D eigenvalue weighted by Gasteiger charge is 2.34. The van der Waals surface area contributed by atoms with Crippen LogP contribution in [0.3, 0.4) is 0 Å². The Bertz CT molecular complexity index is 447. The van der Waals surface area contributed by atoms with Crippen LogP contribution < -0.4 is 10.2 Å². The number of nitrogens with zero attached hydrogens (tertiary/aromatic N) is 2. The van der Waals surface area contributed by atoms with Gasteiger partial charge in [0.05, 0.1) is 5.69 Å². The topological polar surface area (TPSA) is 28.2 Å². The average molecular weight is 257 g/mol. The fraction of sp³-hybridized carbons (Fsp3) is 0.688. The second kappa shape index (κ2) is 4.78. The Morgan fingerprint density at radius 1 is 1.11 bits per heavy atom. The lowest BCUT2D eigenvalue weighted by Crippen LogP contribution is -2.29. The molecule has 4 rings (SSSR count). The Kier molecular flexibility index (Phi) is 2.95. The molecule has 0 aromatic carbocycles. The van der Waals surface area contributed by atoms with Crippen molar-refractivity contribution in [2.75, 3.05) is 11.4 Å². The van der Waals surface area contributed by atoms with E-state index in [2.05, 4.69) is 28.4 Å². The van der Waals surface area contributed by atoms with Crippen molar-refractivity contribution in [2.24, 2.45) is 5.92 Å². The van der Waals surface area contributed by atoms with E-state index >= 15 is 0 Å². The number of hydrogen-bond donors (Lipinski definition) is 1. The van der Waals surface area contributed by atoms with Crippen LogP contribution in [0.1, 0.15) is 44.2 Å². The molecule has 0 unspecified atom stereocenters.